The summed E-state index contributed by atoms with van der Waals surface area (Å²) < 4.78 is 15.7. The molecule has 0 saturated heterocycles. The van der Waals surface area contributed by atoms with Crippen molar-refractivity contribution in [2.24, 2.45) is 0 Å². The fourth-order valence-electron chi connectivity index (χ4n) is 2.82. The number of fused-ring (bicyclic) bond motifs is 1. The van der Waals surface area contributed by atoms with Crippen LogP contribution in [0.1, 0.15) is 19.4 Å². The standard InChI is InChI=1S/C20H15BrN2O2S.C2H6/c1-13-2-8-17(9-3-13)26(25)23-12-19(14-4-6-16(24)7-5-14)18-10-15(21)11-22-20(18)23;1-2/h2-12,24H,1H3;1-2H3. The summed E-state index contributed by atoms with van der Waals surface area (Å²) >= 11 is 3.46. The fraction of sp³-hybridized carbons (Fsp3) is 0.136. The summed E-state index contributed by atoms with van der Waals surface area (Å²) in [6.07, 6.45) is 3.55. The Balaban J connectivity index is 0.00000109. The predicted octanol–water partition coefficient (Wildman–Crippen LogP) is 6.08. The first-order valence-electron chi connectivity index (χ1n) is 8.98. The molecular weight excluding hydrogens is 436 g/mol. The van der Waals surface area contributed by atoms with E-state index in [0.29, 0.717) is 5.65 Å². The van der Waals surface area contributed by atoms with E-state index in [-0.39, 0.29) is 5.75 Å². The number of rotatable bonds is 3. The highest BCUT2D eigenvalue weighted by Gasteiger charge is 2.17. The van der Waals surface area contributed by atoms with Gasteiger partial charge in [0.1, 0.15) is 5.75 Å². The molecule has 0 fully saturated rings. The molecule has 6 heteroatoms. The van der Waals surface area contributed by atoms with Crippen LogP contribution in [0.25, 0.3) is 22.2 Å². The minimum Gasteiger partial charge on any atom is -0.508 e. The third kappa shape index (κ3) is 4.03. The van der Waals surface area contributed by atoms with Crippen molar-refractivity contribution in [2.45, 2.75) is 25.7 Å². The van der Waals surface area contributed by atoms with Crippen molar-refractivity contribution in [1.29, 1.82) is 0 Å². The van der Waals surface area contributed by atoms with E-state index in [1.54, 1.807) is 22.3 Å². The predicted molar refractivity (Wildman–Crippen MR) is 119 cm³/mol. The number of aromatic nitrogens is 2. The molecule has 1 N–H and O–H groups in total. The van der Waals surface area contributed by atoms with Crippen molar-refractivity contribution in [3.05, 3.63) is 77.0 Å². The smallest absolute Gasteiger partial charge is 0.158 e. The van der Waals surface area contributed by atoms with Gasteiger partial charge in [-0.25, -0.2) is 13.2 Å². The van der Waals surface area contributed by atoms with Crippen LogP contribution in [0.15, 0.2) is 76.4 Å². The number of halogens is 1. The first-order chi connectivity index (χ1) is 13.5. The summed E-state index contributed by atoms with van der Waals surface area (Å²) in [4.78, 5) is 5.20. The van der Waals surface area contributed by atoms with Crippen LogP contribution in [0.3, 0.4) is 0 Å². The quantitative estimate of drug-likeness (QED) is 0.406. The van der Waals surface area contributed by atoms with Crippen LogP contribution in [0.5, 0.6) is 5.75 Å². The van der Waals surface area contributed by atoms with Crippen molar-refractivity contribution in [3.8, 4) is 16.9 Å². The summed E-state index contributed by atoms with van der Waals surface area (Å²) in [6, 6.07) is 16.6. The number of benzene rings is 2. The molecule has 28 heavy (non-hydrogen) atoms. The average Bonchev–Trinajstić information content (AvgIpc) is 3.09. The van der Waals surface area contributed by atoms with E-state index in [9.17, 15) is 9.32 Å². The highest BCUT2D eigenvalue weighted by atomic mass is 79.9. The molecule has 4 rings (SSSR count). The number of hydrogen-bond donors (Lipinski definition) is 1. The fourth-order valence-corrected chi connectivity index (χ4v) is 4.25. The van der Waals surface area contributed by atoms with E-state index in [2.05, 4.69) is 20.9 Å². The highest BCUT2D eigenvalue weighted by molar-refractivity contribution is 9.10. The molecule has 144 valence electrons. The molecule has 2 heterocycles. The van der Waals surface area contributed by atoms with Gasteiger partial charge in [0.2, 0.25) is 0 Å². The molecule has 4 nitrogen and oxygen atoms in total. The van der Waals surface area contributed by atoms with Crippen LogP contribution in [-0.2, 0) is 11.0 Å². The van der Waals surface area contributed by atoms with E-state index in [4.69, 9.17) is 0 Å². The number of nitrogens with zero attached hydrogens (tertiary/aromatic N) is 2. The van der Waals surface area contributed by atoms with Crippen molar-refractivity contribution < 1.29 is 9.32 Å². The van der Waals surface area contributed by atoms with Crippen LogP contribution in [0, 0.1) is 6.92 Å². The molecule has 0 radical (unpaired) electrons. The Morgan fingerprint density at radius 3 is 2.32 bits per heavy atom. The molecule has 1 atom stereocenters. The van der Waals surface area contributed by atoms with Gasteiger partial charge in [-0.1, -0.05) is 43.7 Å². The monoisotopic (exact) mass is 456 g/mol. The van der Waals surface area contributed by atoms with Gasteiger partial charge in [-0.3, -0.25) is 0 Å². The van der Waals surface area contributed by atoms with Crippen LogP contribution in [0.4, 0.5) is 0 Å². The lowest BCUT2D eigenvalue weighted by Crippen LogP contribution is -2.04. The summed E-state index contributed by atoms with van der Waals surface area (Å²) in [5.41, 5.74) is 3.60. The normalized spacial score (nSPS) is 11.7. The van der Waals surface area contributed by atoms with Crippen LogP contribution in [-0.4, -0.2) is 18.3 Å². The zero-order valence-corrected chi connectivity index (χ0v) is 18.3. The summed E-state index contributed by atoms with van der Waals surface area (Å²) in [6.45, 7) is 6.00. The molecule has 0 bridgehead atoms. The molecule has 0 saturated carbocycles. The Labute approximate surface area is 175 Å². The highest BCUT2D eigenvalue weighted by Crippen LogP contribution is 2.33. The number of phenolic OH excluding ortho intramolecular Hbond substituents is 1. The van der Waals surface area contributed by atoms with Gasteiger partial charge in [0.15, 0.2) is 16.6 Å². The molecule has 0 amide bonds. The molecular formula is C22H21BrN2O2S. The van der Waals surface area contributed by atoms with Gasteiger partial charge >= 0.3 is 0 Å². The second kappa shape index (κ2) is 8.71. The second-order valence-electron chi connectivity index (χ2n) is 6.00. The number of hydrogen-bond acceptors (Lipinski definition) is 3. The molecule has 0 aliphatic rings. The summed E-state index contributed by atoms with van der Waals surface area (Å²) in [5.74, 6) is 0.208. The summed E-state index contributed by atoms with van der Waals surface area (Å²) in [5, 5.41) is 10.4. The maximum Gasteiger partial charge on any atom is 0.158 e. The van der Waals surface area contributed by atoms with E-state index in [1.165, 1.54) is 0 Å². The zero-order valence-electron chi connectivity index (χ0n) is 15.9. The van der Waals surface area contributed by atoms with Gasteiger partial charge in [-0.15, -0.1) is 0 Å². The Bertz CT molecular complexity index is 1120. The molecule has 1 unspecified atom stereocenters. The molecule has 0 aliphatic carbocycles. The number of pyridine rings is 1. The van der Waals surface area contributed by atoms with E-state index >= 15 is 0 Å². The van der Waals surface area contributed by atoms with Gasteiger partial charge in [0.05, 0.1) is 4.90 Å². The SMILES string of the molecule is CC.Cc1ccc(S(=O)n2cc(-c3ccc(O)cc3)c3cc(Br)cnc32)cc1. The number of aryl methyl sites for hydroxylation is 1. The molecule has 2 aromatic carbocycles. The largest absolute Gasteiger partial charge is 0.508 e. The second-order valence-corrected chi connectivity index (χ2v) is 8.28. The van der Waals surface area contributed by atoms with Gasteiger partial charge in [0, 0.05) is 27.8 Å². The lowest BCUT2D eigenvalue weighted by atomic mass is 10.1. The minimum atomic E-state index is -1.40. The first-order valence-corrected chi connectivity index (χ1v) is 10.9. The molecule has 0 aliphatic heterocycles. The Hall–Kier alpha value is -2.44. The third-order valence-electron chi connectivity index (χ3n) is 4.16. The third-order valence-corrected chi connectivity index (χ3v) is 5.90. The van der Waals surface area contributed by atoms with E-state index < -0.39 is 11.0 Å². The van der Waals surface area contributed by atoms with Crippen molar-refractivity contribution in [3.63, 3.8) is 0 Å². The lowest BCUT2D eigenvalue weighted by Gasteiger charge is -2.05. The Morgan fingerprint density at radius 2 is 1.68 bits per heavy atom. The lowest BCUT2D eigenvalue weighted by molar-refractivity contribution is 0.475. The first kappa shape index (κ1) is 20.3. The number of aromatic hydroxyl groups is 1. The molecule has 0 spiro atoms. The Kier molecular flexibility index (Phi) is 6.31. The molecule has 2 aromatic heterocycles. The number of phenols is 1. The maximum absolute atomic E-state index is 13.1. The average molecular weight is 457 g/mol. The zero-order chi connectivity index (χ0) is 20.3. The molecule has 4 aromatic rings. The minimum absolute atomic E-state index is 0.208. The van der Waals surface area contributed by atoms with Gasteiger partial charge < -0.3 is 5.11 Å². The van der Waals surface area contributed by atoms with Gasteiger partial charge in [0.25, 0.3) is 0 Å². The Morgan fingerprint density at radius 1 is 1.04 bits per heavy atom. The van der Waals surface area contributed by atoms with Crippen LogP contribution >= 0.6 is 15.9 Å². The van der Waals surface area contributed by atoms with Crippen LogP contribution < -0.4 is 0 Å². The van der Waals surface area contributed by atoms with Crippen molar-refractivity contribution in [2.75, 3.05) is 0 Å². The summed E-state index contributed by atoms with van der Waals surface area (Å²) in [7, 11) is -1.40. The maximum atomic E-state index is 13.1. The van der Waals surface area contributed by atoms with Gasteiger partial charge in [-0.05, 0) is 58.7 Å². The van der Waals surface area contributed by atoms with E-state index in [1.807, 2.05) is 69.4 Å². The van der Waals surface area contributed by atoms with Crippen LogP contribution in [0.2, 0.25) is 0 Å². The van der Waals surface area contributed by atoms with Crippen molar-refractivity contribution >= 4 is 37.9 Å². The van der Waals surface area contributed by atoms with Crippen molar-refractivity contribution in [1.82, 2.24) is 8.96 Å². The topological polar surface area (TPSA) is 55.1 Å². The van der Waals surface area contributed by atoms with Gasteiger partial charge in [-0.2, -0.15) is 0 Å². The van der Waals surface area contributed by atoms with E-state index in [0.717, 1.165) is 31.4 Å².